The van der Waals surface area contributed by atoms with Gasteiger partial charge in [0.2, 0.25) is 0 Å². The van der Waals surface area contributed by atoms with E-state index in [9.17, 15) is 9.59 Å². The molecule has 1 aromatic carbocycles. The summed E-state index contributed by atoms with van der Waals surface area (Å²) in [5, 5.41) is 3.97. The maximum atomic E-state index is 12.7. The molecule has 2 heterocycles. The molecule has 2 amide bonds. The van der Waals surface area contributed by atoms with Crippen LogP contribution in [0.2, 0.25) is 5.02 Å². The van der Waals surface area contributed by atoms with Crippen LogP contribution in [0.1, 0.15) is 38.8 Å². The number of hydrogen-bond donors (Lipinski definition) is 1. The summed E-state index contributed by atoms with van der Waals surface area (Å²) in [6.45, 7) is 1.95. The third-order valence-electron chi connectivity index (χ3n) is 4.05. The summed E-state index contributed by atoms with van der Waals surface area (Å²) in [5.74, 6) is -0.241. The highest BCUT2D eigenvalue weighted by molar-refractivity contribution is 7.18. The molecule has 0 fully saturated rings. The van der Waals surface area contributed by atoms with E-state index >= 15 is 0 Å². The fraction of sp³-hybridized carbons (Fsp3) is 0.158. The summed E-state index contributed by atoms with van der Waals surface area (Å²) in [6, 6.07) is 13.9. The fourth-order valence-electron chi connectivity index (χ4n) is 2.42. The second-order valence-electron chi connectivity index (χ2n) is 5.74. The second kappa shape index (κ2) is 7.76. The number of thiophene rings is 1. The first-order chi connectivity index (χ1) is 12.5. The Morgan fingerprint density at radius 3 is 2.54 bits per heavy atom. The van der Waals surface area contributed by atoms with Crippen LogP contribution in [-0.2, 0) is 0 Å². The molecule has 1 N–H and O–H groups in total. The lowest BCUT2D eigenvalue weighted by Gasteiger charge is -2.25. The fourth-order valence-corrected chi connectivity index (χ4v) is 3.43. The van der Waals surface area contributed by atoms with Gasteiger partial charge in [-0.1, -0.05) is 23.7 Å². The molecule has 2 aromatic heterocycles. The lowest BCUT2D eigenvalue weighted by molar-refractivity contribution is 0.0747. The lowest BCUT2D eigenvalue weighted by atomic mass is 10.1. The van der Waals surface area contributed by atoms with Crippen LogP contribution in [-0.4, -0.2) is 23.8 Å². The minimum Gasteiger partial charge on any atom is -0.459 e. The van der Waals surface area contributed by atoms with Gasteiger partial charge in [-0.3, -0.25) is 9.59 Å². The Bertz CT molecular complexity index is 903. The van der Waals surface area contributed by atoms with Crippen molar-refractivity contribution in [2.45, 2.75) is 13.0 Å². The maximum absolute atomic E-state index is 12.7. The van der Waals surface area contributed by atoms with E-state index in [1.165, 1.54) is 17.6 Å². The first-order valence-corrected chi connectivity index (χ1v) is 9.12. The number of benzene rings is 1. The molecule has 0 bridgehead atoms. The molecule has 3 aromatic rings. The van der Waals surface area contributed by atoms with Crippen LogP contribution < -0.4 is 5.32 Å². The molecule has 134 valence electrons. The van der Waals surface area contributed by atoms with Crippen molar-refractivity contribution in [3.63, 3.8) is 0 Å². The van der Waals surface area contributed by atoms with Crippen molar-refractivity contribution in [3.05, 3.63) is 76.0 Å². The Morgan fingerprint density at radius 1 is 1.15 bits per heavy atom. The van der Waals surface area contributed by atoms with Gasteiger partial charge in [0.1, 0.15) is 0 Å². The molecule has 0 aliphatic carbocycles. The number of amides is 2. The van der Waals surface area contributed by atoms with Gasteiger partial charge in [-0.15, -0.1) is 11.3 Å². The minimum absolute atomic E-state index is 0.108. The van der Waals surface area contributed by atoms with Crippen LogP contribution in [0.4, 0.5) is 5.00 Å². The summed E-state index contributed by atoms with van der Waals surface area (Å²) in [7, 11) is 1.75. The summed E-state index contributed by atoms with van der Waals surface area (Å²) in [4.78, 5) is 26.9. The zero-order valence-electron chi connectivity index (χ0n) is 14.2. The molecule has 3 rings (SSSR count). The van der Waals surface area contributed by atoms with E-state index in [0.717, 1.165) is 5.56 Å². The predicted octanol–water partition coefficient (Wildman–Crippen LogP) is 5.08. The monoisotopic (exact) mass is 388 g/mol. The smallest absolute Gasteiger partial charge is 0.291 e. The average molecular weight is 389 g/mol. The van der Waals surface area contributed by atoms with Crippen molar-refractivity contribution in [1.82, 2.24) is 4.90 Å². The van der Waals surface area contributed by atoms with E-state index in [-0.39, 0.29) is 23.6 Å². The highest BCUT2D eigenvalue weighted by atomic mass is 35.5. The van der Waals surface area contributed by atoms with Gasteiger partial charge in [0.25, 0.3) is 11.8 Å². The van der Waals surface area contributed by atoms with Gasteiger partial charge in [-0.05, 0) is 48.9 Å². The zero-order valence-corrected chi connectivity index (χ0v) is 15.8. The molecule has 0 saturated carbocycles. The highest BCUT2D eigenvalue weighted by Gasteiger charge is 2.21. The molecule has 0 radical (unpaired) electrons. The number of hydrogen-bond acceptors (Lipinski definition) is 4. The first-order valence-electron chi connectivity index (χ1n) is 7.93. The highest BCUT2D eigenvalue weighted by Crippen LogP contribution is 2.27. The van der Waals surface area contributed by atoms with Crippen LogP contribution >= 0.6 is 22.9 Å². The number of nitrogens with zero attached hydrogens (tertiary/aromatic N) is 1. The van der Waals surface area contributed by atoms with Crippen LogP contribution in [0.15, 0.2) is 59.2 Å². The van der Waals surface area contributed by atoms with E-state index in [1.54, 1.807) is 48.3 Å². The molecule has 5 nitrogen and oxygen atoms in total. The molecule has 7 heteroatoms. The normalized spacial score (nSPS) is 11.8. The number of furan rings is 1. The Kier molecular flexibility index (Phi) is 5.44. The first kappa shape index (κ1) is 18.2. The van der Waals surface area contributed by atoms with E-state index < -0.39 is 0 Å². The molecule has 0 aliphatic rings. The second-order valence-corrected chi connectivity index (χ2v) is 7.26. The number of nitrogens with one attached hydrogen (secondary N) is 1. The SMILES string of the molecule is CC(c1ccc(Cl)cc1)N(C)C(=O)c1ccc(NC(=O)c2ccco2)s1. The predicted molar refractivity (Wildman–Crippen MR) is 103 cm³/mol. The van der Waals surface area contributed by atoms with Crippen molar-refractivity contribution in [2.24, 2.45) is 0 Å². The van der Waals surface area contributed by atoms with Gasteiger partial charge in [0, 0.05) is 12.1 Å². The van der Waals surface area contributed by atoms with Crippen molar-refractivity contribution in [2.75, 3.05) is 12.4 Å². The average Bonchev–Trinajstić information content (AvgIpc) is 3.32. The van der Waals surface area contributed by atoms with Crippen molar-refractivity contribution in [3.8, 4) is 0 Å². The summed E-state index contributed by atoms with van der Waals surface area (Å²) < 4.78 is 5.06. The largest absolute Gasteiger partial charge is 0.459 e. The Labute approximate surface area is 160 Å². The molecule has 0 aliphatic heterocycles. The molecule has 0 saturated heterocycles. The Morgan fingerprint density at radius 2 is 1.88 bits per heavy atom. The standard InChI is InChI=1S/C19H17ClN2O3S/c1-12(13-5-7-14(20)8-6-13)22(2)19(24)16-9-10-17(26-16)21-18(23)15-4-3-11-25-15/h3-12H,1-2H3,(H,21,23). The lowest BCUT2D eigenvalue weighted by Crippen LogP contribution is -2.29. The Balaban J connectivity index is 1.68. The summed E-state index contributed by atoms with van der Waals surface area (Å²) in [6.07, 6.45) is 1.44. The third kappa shape index (κ3) is 3.98. The van der Waals surface area contributed by atoms with Crippen molar-refractivity contribution >= 4 is 39.8 Å². The maximum Gasteiger partial charge on any atom is 0.291 e. The molecule has 26 heavy (non-hydrogen) atoms. The van der Waals surface area contributed by atoms with Crippen molar-refractivity contribution < 1.29 is 14.0 Å². The molecule has 0 spiro atoms. The number of carbonyl (C=O) groups excluding carboxylic acids is 2. The molecule has 1 unspecified atom stereocenters. The van der Waals surface area contributed by atoms with E-state index in [0.29, 0.717) is 14.9 Å². The minimum atomic E-state index is -0.348. The van der Waals surface area contributed by atoms with Crippen LogP contribution in [0.25, 0.3) is 0 Å². The van der Waals surface area contributed by atoms with Crippen LogP contribution in [0.5, 0.6) is 0 Å². The molecule has 1 atom stereocenters. The van der Waals surface area contributed by atoms with Gasteiger partial charge in [-0.2, -0.15) is 0 Å². The quantitative estimate of drug-likeness (QED) is 0.662. The van der Waals surface area contributed by atoms with E-state index in [4.69, 9.17) is 16.0 Å². The number of halogens is 1. The molecular formula is C19H17ClN2O3S. The van der Waals surface area contributed by atoms with Crippen molar-refractivity contribution in [1.29, 1.82) is 0 Å². The van der Waals surface area contributed by atoms with E-state index in [2.05, 4.69) is 5.32 Å². The Hall–Kier alpha value is -2.57. The van der Waals surface area contributed by atoms with Gasteiger partial charge in [-0.25, -0.2) is 0 Å². The van der Waals surface area contributed by atoms with Gasteiger partial charge >= 0.3 is 0 Å². The third-order valence-corrected chi connectivity index (χ3v) is 5.29. The summed E-state index contributed by atoms with van der Waals surface area (Å²) >= 11 is 7.14. The van der Waals surface area contributed by atoms with Crippen LogP contribution in [0.3, 0.4) is 0 Å². The topological polar surface area (TPSA) is 62.6 Å². The summed E-state index contributed by atoms with van der Waals surface area (Å²) in [5.41, 5.74) is 0.994. The van der Waals surface area contributed by atoms with Crippen LogP contribution in [0, 0.1) is 0 Å². The zero-order chi connectivity index (χ0) is 18.7. The number of anilines is 1. The number of carbonyl (C=O) groups is 2. The van der Waals surface area contributed by atoms with Gasteiger partial charge in [0.15, 0.2) is 5.76 Å². The number of rotatable bonds is 5. The van der Waals surface area contributed by atoms with Gasteiger partial charge < -0.3 is 14.6 Å². The van der Waals surface area contributed by atoms with Gasteiger partial charge in [0.05, 0.1) is 22.2 Å². The molecular weight excluding hydrogens is 372 g/mol. The van der Waals surface area contributed by atoms with E-state index in [1.807, 2.05) is 19.1 Å².